The number of benzene rings is 2. The van der Waals surface area contributed by atoms with E-state index in [4.69, 9.17) is 4.74 Å². The van der Waals surface area contributed by atoms with Crippen molar-refractivity contribution in [3.05, 3.63) is 59.2 Å². The predicted molar refractivity (Wildman–Crippen MR) is 133 cm³/mol. The number of fused-ring (bicyclic) bond motifs is 1. The number of methoxy groups -OCH3 is 1. The molecule has 0 bridgehead atoms. The van der Waals surface area contributed by atoms with Crippen LogP contribution in [0, 0.1) is 0 Å². The van der Waals surface area contributed by atoms with Gasteiger partial charge in [0.05, 0.1) is 13.5 Å². The summed E-state index contributed by atoms with van der Waals surface area (Å²) in [5, 5.41) is 0. The number of piperazine rings is 1. The van der Waals surface area contributed by atoms with Gasteiger partial charge in [0.15, 0.2) is 0 Å². The topological polar surface area (TPSA) is 36.0 Å². The van der Waals surface area contributed by atoms with Gasteiger partial charge in [0.25, 0.3) is 0 Å². The first kappa shape index (κ1) is 22.3. The Morgan fingerprint density at radius 1 is 0.879 bits per heavy atom. The lowest BCUT2D eigenvalue weighted by molar-refractivity contribution is -0.130. The largest absolute Gasteiger partial charge is 0.497 e. The van der Waals surface area contributed by atoms with E-state index < -0.39 is 0 Å². The van der Waals surface area contributed by atoms with Gasteiger partial charge in [-0.05, 0) is 66.6 Å². The van der Waals surface area contributed by atoms with Crippen molar-refractivity contribution in [3.8, 4) is 5.75 Å². The van der Waals surface area contributed by atoms with Gasteiger partial charge in [-0.1, -0.05) is 31.0 Å². The maximum absolute atomic E-state index is 12.8. The van der Waals surface area contributed by atoms with Crippen LogP contribution in [0.15, 0.2) is 42.5 Å². The lowest BCUT2D eigenvalue weighted by Crippen LogP contribution is -2.49. The Labute approximate surface area is 198 Å². The third-order valence-electron chi connectivity index (χ3n) is 7.88. The summed E-state index contributed by atoms with van der Waals surface area (Å²) in [5.74, 6) is 1.04. The molecule has 2 aliphatic heterocycles. The van der Waals surface area contributed by atoms with Crippen LogP contribution >= 0.6 is 0 Å². The van der Waals surface area contributed by atoms with E-state index in [2.05, 4.69) is 28.0 Å². The number of carbonyl (C=O) groups excluding carboxylic acids is 1. The van der Waals surface area contributed by atoms with E-state index in [1.807, 2.05) is 29.2 Å². The maximum Gasteiger partial charge on any atom is 0.227 e. The minimum absolute atomic E-state index is 0.216. The fraction of sp³-hybridized carbons (Fsp3) is 0.536. The smallest absolute Gasteiger partial charge is 0.227 e. The Morgan fingerprint density at radius 3 is 2.27 bits per heavy atom. The standard InChI is InChI=1S/C28H37N3O2/c1-33-27-10-6-22(7-11-27)20-28(32)31-18-16-30(17-19-31)26-9-8-23-12-14-29(15-13-24(23)21-26)25-4-2-3-5-25/h6-11,21,25H,2-5,12-20H2,1H3. The van der Waals surface area contributed by atoms with Crippen LogP contribution < -0.4 is 9.64 Å². The number of carbonyl (C=O) groups is 1. The van der Waals surface area contributed by atoms with Crippen molar-refractivity contribution in [2.24, 2.45) is 0 Å². The third-order valence-corrected chi connectivity index (χ3v) is 7.88. The highest BCUT2D eigenvalue weighted by atomic mass is 16.5. The van der Waals surface area contributed by atoms with Crippen LogP contribution in [0.4, 0.5) is 5.69 Å². The number of anilines is 1. The zero-order valence-electron chi connectivity index (χ0n) is 20.0. The molecule has 5 heteroatoms. The Balaban J connectivity index is 1.15. The van der Waals surface area contributed by atoms with Crippen LogP contribution in [0.25, 0.3) is 0 Å². The van der Waals surface area contributed by atoms with Gasteiger partial charge in [-0.15, -0.1) is 0 Å². The molecule has 0 atom stereocenters. The van der Waals surface area contributed by atoms with E-state index in [9.17, 15) is 4.79 Å². The molecular formula is C28H37N3O2. The molecule has 0 N–H and O–H groups in total. The van der Waals surface area contributed by atoms with Crippen LogP contribution in [-0.2, 0) is 24.1 Å². The molecule has 0 aromatic heterocycles. The molecule has 1 saturated heterocycles. The van der Waals surface area contributed by atoms with E-state index in [1.165, 1.54) is 68.4 Å². The Hall–Kier alpha value is -2.53. The highest BCUT2D eigenvalue weighted by molar-refractivity contribution is 5.79. The summed E-state index contributed by atoms with van der Waals surface area (Å²) >= 11 is 0. The number of ether oxygens (including phenoxy) is 1. The molecule has 1 saturated carbocycles. The van der Waals surface area contributed by atoms with Gasteiger partial charge in [-0.2, -0.15) is 0 Å². The van der Waals surface area contributed by atoms with Gasteiger partial charge in [0.1, 0.15) is 5.75 Å². The van der Waals surface area contributed by atoms with Crippen LogP contribution in [0.1, 0.15) is 42.4 Å². The first-order valence-corrected chi connectivity index (χ1v) is 12.7. The average Bonchev–Trinajstić information content (AvgIpc) is 3.31. The van der Waals surface area contributed by atoms with Gasteiger partial charge >= 0.3 is 0 Å². The fourth-order valence-electron chi connectivity index (χ4n) is 5.80. The zero-order chi connectivity index (χ0) is 22.6. The normalized spacial score (nSPS) is 19.9. The van der Waals surface area contributed by atoms with Crippen LogP contribution in [-0.4, -0.2) is 68.1 Å². The molecule has 5 rings (SSSR count). The van der Waals surface area contributed by atoms with Crippen molar-refractivity contribution in [3.63, 3.8) is 0 Å². The number of amides is 1. The molecular weight excluding hydrogens is 410 g/mol. The highest BCUT2D eigenvalue weighted by Crippen LogP contribution is 2.28. The molecule has 176 valence electrons. The molecule has 2 fully saturated rings. The summed E-state index contributed by atoms with van der Waals surface area (Å²) in [7, 11) is 1.66. The molecule has 0 unspecified atom stereocenters. The van der Waals surface area contributed by atoms with E-state index in [0.717, 1.165) is 43.5 Å². The minimum Gasteiger partial charge on any atom is -0.497 e. The van der Waals surface area contributed by atoms with Gasteiger partial charge < -0.3 is 14.5 Å². The van der Waals surface area contributed by atoms with Gasteiger partial charge in [0.2, 0.25) is 5.91 Å². The van der Waals surface area contributed by atoms with Crippen molar-refractivity contribution in [1.29, 1.82) is 0 Å². The average molecular weight is 448 g/mol. The summed E-state index contributed by atoms with van der Waals surface area (Å²) in [6.07, 6.45) is 8.41. The summed E-state index contributed by atoms with van der Waals surface area (Å²) in [6.45, 7) is 5.81. The number of hydrogen-bond acceptors (Lipinski definition) is 4. The van der Waals surface area contributed by atoms with Crippen LogP contribution in [0.5, 0.6) is 5.75 Å². The summed E-state index contributed by atoms with van der Waals surface area (Å²) in [4.78, 5) is 20.0. The van der Waals surface area contributed by atoms with Crippen molar-refractivity contribution >= 4 is 11.6 Å². The Bertz CT molecular complexity index is 944. The minimum atomic E-state index is 0.216. The summed E-state index contributed by atoms with van der Waals surface area (Å²) in [5.41, 5.74) is 5.43. The van der Waals surface area contributed by atoms with E-state index in [-0.39, 0.29) is 5.91 Å². The molecule has 33 heavy (non-hydrogen) atoms. The van der Waals surface area contributed by atoms with Crippen molar-refractivity contribution in [1.82, 2.24) is 9.80 Å². The van der Waals surface area contributed by atoms with E-state index >= 15 is 0 Å². The number of nitrogens with zero attached hydrogens (tertiary/aromatic N) is 3. The maximum atomic E-state index is 12.8. The highest BCUT2D eigenvalue weighted by Gasteiger charge is 2.25. The monoisotopic (exact) mass is 447 g/mol. The predicted octanol–water partition coefficient (Wildman–Crippen LogP) is 3.93. The molecule has 0 spiro atoms. The lowest BCUT2D eigenvalue weighted by atomic mass is 10.0. The van der Waals surface area contributed by atoms with E-state index in [0.29, 0.717) is 6.42 Å². The van der Waals surface area contributed by atoms with Gasteiger partial charge in [-0.25, -0.2) is 0 Å². The quantitative estimate of drug-likeness (QED) is 0.696. The van der Waals surface area contributed by atoms with Crippen LogP contribution in [0.2, 0.25) is 0 Å². The van der Waals surface area contributed by atoms with E-state index in [1.54, 1.807) is 7.11 Å². The molecule has 0 radical (unpaired) electrons. The molecule has 2 aromatic carbocycles. The molecule has 3 aliphatic rings. The second kappa shape index (κ2) is 10.2. The molecule has 5 nitrogen and oxygen atoms in total. The fourth-order valence-corrected chi connectivity index (χ4v) is 5.80. The Morgan fingerprint density at radius 2 is 1.58 bits per heavy atom. The molecule has 1 amide bonds. The number of hydrogen-bond donors (Lipinski definition) is 0. The lowest BCUT2D eigenvalue weighted by Gasteiger charge is -2.36. The van der Waals surface area contributed by atoms with Crippen molar-refractivity contribution in [2.75, 3.05) is 51.3 Å². The molecule has 1 aliphatic carbocycles. The van der Waals surface area contributed by atoms with Crippen LogP contribution in [0.3, 0.4) is 0 Å². The zero-order valence-corrected chi connectivity index (χ0v) is 20.0. The third kappa shape index (κ3) is 5.19. The number of rotatable bonds is 5. The first-order chi connectivity index (χ1) is 16.2. The molecule has 2 heterocycles. The summed E-state index contributed by atoms with van der Waals surface area (Å²) < 4.78 is 5.21. The summed E-state index contributed by atoms with van der Waals surface area (Å²) in [6, 6.07) is 15.7. The van der Waals surface area contributed by atoms with Gasteiger partial charge in [0, 0.05) is 51.0 Å². The van der Waals surface area contributed by atoms with Gasteiger partial charge in [-0.3, -0.25) is 9.69 Å². The SMILES string of the molecule is COc1ccc(CC(=O)N2CCN(c3ccc4c(c3)CCN(C3CCCC3)CC4)CC2)cc1. The van der Waals surface area contributed by atoms with Crippen molar-refractivity contribution in [2.45, 2.75) is 51.0 Å². The Kier molecular flexibility index (Phi) is 6.86. The molecule has 2 aromatic rings. The second-order valence-electron chi connectivity index (χ2n) is 9.82. The second-order valence-corrected chi connectivity index (χ2v) is 9.82. The van der Waals surface area contributed by atoms with Crippen molar-refractivity contribution < 1.29 is 9.53 Å². The first-order valence-electron chi connectivity index (χ1n) is 12.7.